The molecule has 0 fully saturated rings. The van der Waals surface area contributed by atoms with Crippen molar-refractivity contribution in [2.75, 3.05) is 19.6 Å². The average molecular weight is 516 g/mol. The Labute approximate surface area is 189 Å². The van der Waals surface area contributed by atoms with E-state index in [1.54, 1.807) is 17.8 Å². The molecule has 2 aromatic rings. The van der Waals surface area contributed by atoms with Gasteiger partial charge in [-0.2, -0.15) is 5.10 Å². The van der Waals surface area contributed by atoms with Gasteiger partial charge in [0.05, 0.1) is 12.7 Å². The first-order valence-electron chi connectivity index (χ1n) is 10.1. The number of aryl methyl sites for hydroxylation is 2. The smallest absolute Gasteiger partial charge is 0.191 e. The van der Waals surface area contributed by atoms with Gasteiger partial charge in [-0.05, 0) is 26.7 Å². The number of guanidine groups is 1. The first-order valence-corrected chi connectivity index (χ1v) is 10.1. The molecule has 3 heterocycles. The highest BCUT2D eigenvalue weighted by Gasteiger charge is 2.24. The van der Waals surface area contributed by atoms with E-state index in [4.69, 9.17) is 0 Å². The minimum Gasteiger partial charge on any atom is -0.383 e. The zero-order chi connectivity index (χ0) is 20.0. The second-order valence-electron chi connectivity index (χ2n) is 7.54. The molecule has 0 bridgehead atoms. The Bertz CT molecular complexity index is 798. The van der Waals surface area contributed by atoms with E-state index < -0.39 is 5.60 Å². The molecule has 0 radical (unpaired) electrons. The Hall–Kier alpha value is -1.69. The van der Waals surface area contributed by atoms with E-state index in [0.717, 1.165) is 43.1 Å². The van der Waals surface area contributed by atoms with Crippen LogP contribution in [-0.4, -0.2) is 55.2 Å². The van der Waals surface area contributed by atoms with Crippen LogP contribution >= 0.6 is 24.0 Å². The van der Waals surface area contributed by atoms with Crippen molar-refractivity contribution in [1.29, 1.82) is 0 Å². The lowest BCUT2D eigenvalue weighted by atomic mass is 10.0. The Balaban J connectivity index is 0.00000300. The van der Waals surface area contributed by atoms with Gasteiger partial charge in [-0.25, -0.2) is 4.99 Å². The van der Waals surface area contributed by atoms with Gasteiger partial charge in [0.2, 0.25) is 0 Å². The normalized spacial score (nSPS) is 16.3. The third-order valence-electron chi connectivity index (χ3n) is 5.04. The number of hydrogen-bond donors (Lipinski definition) is 3. The first-order chi connectivity index (χ1) is 13.5. The summed E-state index contributed by atoms with van der Waals surface area (Å²) in [5, 5.41) is 30.1. The van der Waals surface area contributed by atoms with E-state index in [-0.39, 0.29) is 30.5 Å². The van der Waals surface area contributed by atoms with Crippen molar-refractivity contribution in [3.63, 3.8) is 0 Å². The van der Waals surface area contributed by atoms with Crippen LogP contribution in [0.1, 0.15) is 50.3 Å². The summed E-state index contributed by atoms with van der Waals surface area (Å²) in [7, 11) is 1.83. The molecule has 3 rings (SSSR count). The van der Waals surface area contributed by atoms with Crippen molar-refractivity contribution >= 4 is 29.9 Å². The number of aliphatic hydroxyl groups is 1. The molecular weight excluding hydrogens is 483 g/mol. The van der Waals surface area contributed by atoms with Crippen LogP contribution in [0.5, 0.6) is 0 Å². The number of rotatable bonds is 7. The van der Waals surface area contributed by atoms with E-state index in [0.29, 0.717) is 12.5 Å². The third kappa shape index (κ3) is 6.39. The predicted octanol–water partition coefficient (Wildman–Crippen LogP) is 1.36. The highest BCUT2D eigenvalue weighted by molar-refractivity contribution is 14.0. The number of nitrogens with zero attached hydrogens (tertiary/aromatic N) is 6. The first kappa shape index (κ1) is 23.6. The van der Waals surface area contributed by atoms with E-state index in [1.807, 2.05) is 20.2 Å². The maximum atomic E-state index is 10.7. The minimum absolute atomic E-state index is 0. The van der Waals surface area contributed by atoms with Crippen molar-refractivity contribution in [2.45, 2.75) is 58.1 Å². The topological polar surface area (TPSA) is 105 Å². The lowest BCUT2D eigenvalue weighted by molar-refractivity contribution is 0.0672. The zero-order valence-corrected chi connectivity index (χ0v) is 19.9. The lowest BCUT2D eigenvalue weighted by Crippen LogP contribution is -2.40. The van der Waals surface area contributed by atoms with Crippen molar-refractivity contribution in [1.82, 2.24) is 35.2 Å². The third-order valence-corrected chi connectivity index (χ3v) is 5.04. The van der Waals surface area contributed by atoms with Crippen LogP contribution in [-0.2, 0) is 32.0 Å². The SMILES string of the molecule is CCNC(=NCC(C)(O)c1cnn(C)c1)NCCc1nnc2n1CCCCC2.I. The highest BCUT2D eigenvalue weighted by Crippen LogP contribution is 2.20. The highest BCUT2D eigenvalue weighted by atomic mass is 127. The molecule has 1 atom stereocenters. The lowest BCUT2D eigenvalue weighted by Gasteiger charge is -2.20. The standard InChI is InChI=1S/C19H32N8O.HI/c1-4-20-18(22-14-19(2,28)15-12-23-26(3)13-15)21-10-9-17-25-24-16-8-6-5-7-11-27(16)17;/h12-13,28H,4-11,14H2,1-3H3,(H2,20,21,22);1H. The molecule has 29 heavy (non-hydrogen) atoms. The number of aliphatic imine (C=N–C) groups is 1. The largest absolute Gasteiger partial charge is 0.383 e. The molecule has 9 nitrogen and oxygen atoms in total. The van der Waals surface area contributed by atoms with Gasteiger partial charge in [0.1, 0.15) is 17.2 Å². The molecule has 0 aliphatic carbocycles. The van der Waals surface area contributed by atoms with Crippen molar-refractivity contribution < 1.29 is 5.11 Å². The van der Waals surface area contributed by atoms with E-state index in [2.05, 4.69) is 35.5 Å². The van der Waals surface area contributed by atoms with Gasteiger partial charge >= 0.3 is 0 Å². The summed E-state index contributed by atoms with van der Waals surface area (Å²) < 4.78 is 3.95. The Morgan fingerprint density at radius 2 is 2.10 bits per heavy atom. The molecule has 0 saturated heterocycles. The van der Waals surface area contributed by atoms with Crippen molar-refractivity contribution in [3.05, 3.63) is 29.6 Å². The van der Waals surface area contributed by atoms with Crippen LogP contribution in [0.3, 0.4) is 0 Å². The number of halogens is 1. The molecule has 3 N–H and O–H groups in total. The number of hydrogen-bond acceptors (Lipinski definition) is 5. The molecule has 1 unspecified atom stereocenters. The molecule has 0 saturated carbocycles. The number of nitrogens with one attached hydrogen (secondary N) is 2. The molecule has 1 aliphatic rings. The fourth-order valence-corrected chi connectivity index (χ4v) is 3.39. The van der Waals surface area contributed by atoms with Crippen LogP contribution in [0, 0.1) is 0 Å². The van der Waals surface area contributed by atoms with Crippen LogP contribution in [0.4, 0.5) is 0 Å². The second kappa shape index (κ2) is 10.9. The molecular formula is C19H33IN8O. The van der Waals surface area contributed by atoms with E-state index in [1.165, 1.54) is 19.3 Å². The maximum Gasteiger partial charge on any atom is 0.191 e. The van der Waals surface area contributed by atoms with Gasteiger partial charge in [-0.3, -0.25) is 4.68 Å². The summed E-state index contributed by atoms with van der Waals surface area (Å²) >= 11 is 0. The summed E-state index contributed by atoms with van der Waals surface area (Å²) in [5.74, 6) is 2.82. The molecule has 0 aromatic carbocycles. The fraction of sp³-hybridized carbons (Fsp3) is 0.684. The van der Waals surface area contributed by atoms with Gasteiger partial charge < -0.3 is 20.3 Å². The molecule has 10 heteroatoms. The fourth-order valence-electron chi connectivity index (χ4n) is 3.39. The van der Waals surface area contributed by atoms with Crippen molar-refractivity contribution in [3.8, 4) is 0 Å². The number of aromatic nitrogens is 5. The van der Waals surface area contributed by atoms with Crippen LogP contribution in [0.25, 0.3) is 0 Å². The van der Waals surface area contributed by atoms with Gasteiger partial charge in [0.25, 0.3) is 0 Å². The van der Waals surface area contributed by atoms with Gasteiger partial charge in [-0.15, -0.1) is 34.2 Å². The molecule has 162 valence electrons. The van der Waals surface area contributed by atoms with Crippen LogP contribution in [0.15, 0.2) is 17.4 Å². The van der Waals surface area contributed by atoms with Gasteiger partial charge in [0.15, 0.2) is 5.96 Å². The monoisotopic (exact) mass is 516 g/mol. The summed E-state index contributed by atoms with van der Waals surface area (Å²) in [6.07, 6.45) is 8.95. The van der Waals surface area contributed by atoms with E-state index >= 15 is 0 Å². The molecule has 0 amide bonds. The van der Waals surface area contributed by atoms with Gasteiger partial charge in [0, 0.05) is 51.3 Å². The quantitative estimate of drug-likeness (QED) is 0.292. The van der Waals surface area contributed by atoms with Crippen molar-refractivity contribution in [2.24, 2.45) is 12.0 Å². The molecule has 0 spiro atoms. The summed E-state index contributed by atoms with van der Waals surface area (Å²) in [6, 6.07) is 0. The predicted molar refractivity (Wildman–Crippen MR) is 123 cm³/mol. The zero-order valence-electron chi connectivity index (χ0n) is 17.6. The molecule has 1 aliphatic heterocycles. The maximum absolute atomic E-state index is 10.7. The van der Waals surface area contributed by atoms with Gasteiger partial charge in [-0.1, -0.05) is 6.42 Å². The summed E-state index contributed by atoms with van der Waals surface area (Å²) in [5.41, 5.74) is -0.318. The average Bonchev–Trinajstić information content (AvgIpc) is 3.19. The van der Waals surface area contributed by atoms with Crippen LogP contribution in [0.2, 0.25) is 0 Å². The Morgan fingerprint density at radius 1 is 1.28 bits per heavy atom. The summed E-state index contributed by atoms with van der Waals surface area (Å²) in [4.78, 5) is 4.56. The van der Waals surface area contributed by atoms with Crippen LogP contribution < -0.4 is 10.6 Å². The Kier molecular flexibility index (Phi) is 8.87. The molecule has 2 aromatic heterocycles. The number of fused-ring (bicyclic) bond motifs is 1. The minimum atomic E-state index is -1.07. The second-order valence-corrected chi connectivity index (χ2v) is 7.54. The Morgan fingerprint density at radius 3 is 2.83 bits per heavy atom. The summed E-state index contributed by atoms with van der Waals surface area (Å²) in [6.45, 7) is 6.49. The van der Waals surface area contributed by atoms with E-state index in [9.17, 15) is 5.11 Å².